The van der Waals surface area contributed by atoms with Crippen molar-refractivity contribution < 1.29 is 24.0 Å². The number of esters is 2. The maximum absolute atomic E-state index is 11.9. The van der Waals surface area contributed by atoms with E-state index in [1.54, 1.807) is 35.7 Å². The molecule has 1 N–H and O–H groups in total. The molecule has 0 amide bonds. The van der Waals surface area contributed by atoms with Gasteiger partial charge in [0.1, 0.15) is 0 Å². The number of thioether (sulfide) groups is 2. The molecule has 0 spiro atoms. The Balaban J connectivity index is 1.67. The number of ether oxygens (including phenoxy) is 2. The van der Waals surface area contributed by atoms with Crippen molar-refractivity contribution in [2.24, 2.45) is 0 Å². The first-order valence-electron chi connectivity index (χ1n) is 9.50. The summed E-state index contributed by atoms with van der Waals surface area (Å²) in [6.45, 7) is 0. The number of pyridine rings is 1. The highest BCUT2D eigenvalue weighted by Crippen LogP contribution is 2.32. The average molecular weight is 505 g/mol. The summed E-state index contributed by atoms with van der Waals surface area (Å²) in [5.74, 6) is 0.573. The lowest BCUT2D eigenvalue weighted by Gasteiger charge is -2.08. The number of methoxy groups -OCH3 is 2. The largest absolute Gasteiger partial charge is 0.465 e. The number of hydrogen-bond donors (Lipinski definition) is 2. The zero-order valence-corrected chi connectivity index (χ0v) is 20.9. The maximum Gasteiger partial charge on any atom is 0.339 e. The predicted molar refractivity (Wildman–Crippen MR) is 132 cm³/mol. The van der Waals surface area contributed by atoms with Crippen molar-refractivity contribution in [1.82, 2.24) is 0 Å². The third-order valence-corrected chi connectivity index (χ3v) is 7.97. The number of hydrogen-bond acceptors (Lipinski definition) is 8. The highest BCUT2D eigenvalue weighted by atomic mass is 32.2. The summed E-state index contributed by atoms with van der Waals surface area (Å²) in [5.41, 5.74) is 2.98. The van der Waals surface area contributed by atoms with E-state index < -0.39 is 11.9 Å². The van der Waals surface area contributed by atoms with Gasteiger partial charge in [-0.25, -0.2) is 14.6 Å². The van der Waals surface area contributed by atoms with Gasteiger partial charge >= 0.3 is 11.9 Å². The van der Waals surface area contributed by atoms with Crippen molar-refractivity contribution in [2.75, 3.05) is 14.2 Å². The minimum atomic E-state index is -0.400. The molecule has 0 saturated carbocycles. The van der Waals surface area contributed by atoms with E-state index in [2.05, 4.69) is 30.2 Å². The van der Waals surface area contributed by atoms with E-state index >= 15 is 0 Å². The lowest BCUT2D eigenvalue weighted by atomic mass is 10.2. The Morgan fingerprint density at radius 1 is 0.750 bits per heavy atom. The fraction of sp³-hybridized carbons (Fsp3) is 0.174. The van der Waals surface area contributed by atoms with Crippen molar-refractivity contribution in [3.63, 3.8) is 0 Å². The molecule has 3 rings (SSSR count). The molecule has 0 saturated heterocycles. The van der Waals surface area contributed by atoms with Crippen molar-refractivity contribution in [2.45, 2.75) is 31.1 Å². The molecule has 2 aromatic carbocycles. The molecular formula is C23H22NO4S4+. The highest BCUT2D eigenvalue weighted by Gasteiger charge is 2.16. The molecule has 0 aliphatic rings. The van der Waals surface area contributed by atoms with Crippen LogP contribution in [0.15, 0.2) is 74.2 Å². The van der Waals surface area contributed by atoms with Crippen LogP contribution in [0.4, 0.5) is 0 Å². The van der Waals surface area contributed by atoms with Crippen LogP contribution in [-0.4, -0.2) is 26.2 Å². The number of benzene rings is 2. The molecule has 0 unspecified atom stereocenters. The summed E-state index contributed by atoms with van der Waals surface area (Å²) in [7, 11) is 2.71. The number of carbonyl (C=O) groups excluding carboxylic acids is 2. The number of nitrogens with one attached hydrogen (secondary N) is 1. The van der Waals surface area contributed by atoms with Gasteiger partial charge in [0.15, 0.2) is 11.4 Å². The van der Waals surface area contributed by atoms with Crippen LogP contribution < -0.4 is 4.98 Å². The quantitative estimate of drug-likeness (QED) is 0.249. The number of H-pyrrole nitrogens is 1. The Bertz CT molecular complexity index is 1050. The van der Waals surface area contributed by atoms with E-state index in [1.807, 2.05) is 42.5 Å². The van der Waals surface area contributed by atoms with Crippen LogP contribution in [0.2, 0.25) is 0 Å². The molecule has 1 heterocycles. The van der Waals surface area contributed by atoms with Gasteiger partial charge < -0.3 is 9.47 Å². The molecule has 9 heteroatoms. The predicted octanol–water partition coefficient (Wildman–Crippen LogP) is 5.24. The smallest absolute Gasteiger partial charge is 0.339 e. The lowest BCUT2D eigenvalue weighted by molar-refractivity contribution is -0.398. The summed E-state index contributed by atoms with van der Waals surface area (Å²) in [4.78, 5) is 30.2. The topological polar surface area (TPSA) is 66.7 Å². The molecule has 0 aliphatic heterocycles. The molecular weight excluding hydrogens is 483 g/mol. The molecule has 1 aromatic heterocycles. The van der Waals surface area contributed by atoms with Crippen LogP contribution in [0.5, 0.6) is 0 Å². The van der Waals surface area contributed by atoms with Gasteiger partial charge in [0.2, 0.25) is 0 Å². The Morgan fingerprint density at radius 3 is 1.56 bits per heavy atom. The highest BCUT2D eigenvalue weighted by molar-refractivity contribution is 7.99. The van der Waals surface area contributed by atoms with Crippen LogP contribution in [0.25, 0.3) is 0 Å². The lowest BCUT2D eigenvalue weighted by Crippen LogP contribution is -2.15. The Hall–Kier alpha value is -2.07. The van der Waals surface area contributed by atoms with Crippen LogP contribution in [0.3, 0.4) is 0 Å². The van der Waals surface area contributed by atoms with Crippen LogP contribution in [-0.2, 0) is 21.0 Å². The molecule has 5 nitrogen and oxygen atoms in total. The van der Waals surface area contributed by atoms with Crippen molar-refractivity contribution in [3.05, 3.63) is 77.1 Å². The van der Waals surface area contributed by atoms with E-state index in [1.165, 1.54) is 14.2 Å². The molecule has 166 valence electrons. The summed E-state index contributed by atoms with van der Waals surface area (Å²) < 4.78 is 9.62. The molecule has 0 atom stereocenters. The molecule has 0 aliphatic carbocycles. The van der Waals surface area contributed by atoms with Gasteiger partial charge in [-0.1, -0.05) is 12.1 Å². The first kappa shape index (κ1) is 24.6. The van der Waals surface area contributed by atoms with E-state index in [9.17, 15) is 9.59 Å². The Morgan fingerprint density at radius 2 is 1.16 bits per heavy atom. The SMILES string of the molecule is COC(=O)c1cccc(SCc2cccc(CSc3cccc(C(=O)OC)c3S)[nH+]2)c1S. The molecule has 0 bridgehead atoms. The van der Waals surface area contributed by atoms with E-state index in [4.69, 9.17) is 9.47 Å². The first-order valence-corrected chi connectivity index (χ1v) is 12.4. The van der Waals surface area contributed by atoms with Gasteiger partial charge in [-0.05, 0) is 30.3 Å². The van der Waals surface area contributed by atoms with Gasteiger partial charge in [0, 0.05) is 31.7 Å². The molecule has 3 aromatic rings. The number of thiol groups is 2. The normalized spacial score (nSPS) is 10.6. The third kappa shape index (κ3) is 6.04. The average Bonchev–Trinajstić information content (AvgIpc) is 2.82. The number of aromatic amines is 1. The minimum Gasteiger partial charge on any atom is -0.465 e. The number of aromatic nitrogens is 1. The molecule has 32 heavy (non-hydrogen) atoms. The van der Waals surface area contributed by atoms with Gasteiger partial charge in [0.05, 0.1) is 36.9 Å². The Kier molecular flexibility index (Phi) is 8.98. The summed E-state index contributed by atoms with van der Waals surface area (Å²) in [5, 5.41) is 0. The number of rotatable bonds is 8. The van der Waals surface area contributed by atoms with E-state index in [-0.39, 0.29) is 0 Å². The monoisotopic (exact) mass is 504 g/mol. The molecule has 0 fully saturated rings. The third-order valence-electron chi connectivity index (χ3n) is 4.49. The van der Waals surface area contributed by atoms with Crippen LogP contribution in [0.1, 0.15) is 32.1 Å². The minimum absolute atomic E-state index is 0.400. The van der Waals surface area contributed by atoms with Crippen molar-refractivity contribution in [3.8, 4) is 0 Å². The second-order valence-electron chi connectivity index (χ2n) is 6.57. The van der Waals surface area contributed by atoms with Gasteiger partial charge in [-0.15, -0.1) is 48.8 Å². The van der Waals surface area contributed by atoms with Gasteiger partial charge in [-0.3, -0.25) is 0 Å². The fourth-order valence-corrected chi connectivity index (χ4v) is 5.55. The maximum atomic E-state index is 11.9. The van der Waals surface area contributed by atoms with E-state index in [0.29, 0.717) is 32.4 Å². The summed E-state index contributed by atoms with van der Waals surface area (Å²) in [6.07, 6.45) is 0. The van der Waals surface area contributed by atoms with Gasteiger partial charge in [0.25, 0.3) is 0 Å². The second-order valence-corrected chi connectivity index (χ2v) is 9.50. The second kappa shape index (κ2) is 11.7. The number of carbonyl (C=O) groups is 2. The van der Waals surface area contributed by atoms with Crippen molar-refractivity contribution >= 4 is 60.7 Å². The van der Waals surface area contributed by atoms with Crippen LogP contribution >= 0.6 is 48.8 Å². The van der Waals surface area contributed by atoms with Crippen molar-refractivity contribution in [1.29, 1.82) is 0 Å². The fourth-order valence-electron chi connectivity index (χ4n) is 2.88. The van der Waals surface area contributed by atoms with Gasteiger partial charge in [-0.2, -0.15) is 0 Å². The molecule has 0 radical (unpaired) electrons. The summed E-state index contributed by atoms with van der Waals surface area (Å²) in [6, 6.07) is 17.0. The zero-order chi connectivity index (χ0) is 23.1. The van der Waals surface area contributed by atoms with E-state index in [0.717, 1.165) is 21.2 Å². The Labute approximate surface area is 206 Å². The summed E-state index contributed by atoms with van der Waals surface area (Å²) >= 11 is 12.2. The standard InChI is InChI=1S/C23H21NO4S4/c1-27-22(25)16-8-4-10-18(20(16)29)31-12-14-6-3-7-15(24-14)13-32-19-11-5-9-17(21(19)30)23(26)28-2/h3-11,29-30H,12-13H2,1-2H3/p+1. The zero-order valence-electron chi connectivity index (χ0n) is 17.5. The first-order chi connectivity index (χ1) is 15.4. The van der Waals surface area contributed by atoms with Crippen LogP contribution in [0, 0.1) is 0 Å².